The average molecular weight is 246 g/mol. The van der Waals surface area contributed by atoms with Crippen LogP contribution in [0.5, 0.6) is 0 Å². The van der Waals surface area contributed by atoms with Crippen LogP contribution in [0, 0.1) is 0 Å². The summed E-state index contributed by atoms with van der Waals surface area (Å²) in [6.45, 7) is 6.49. The van der Waals surface area contributed by atoms with Crippen LogP contribution in [0.4, 0.5) is 5.82 Å². The topological polar surface area (TPSA) is 60.9 Å². The molecule has 3 rings (SSSR count). The smallest absolute Gasteiger partial charge is 0.182 e. The van der Waals surface area contributed by atoms with E-state index in [1.807, 2.05) is 0 Å². The highest BCUT2D eigenvalue weighted by Crippen LogP contribution is 2.25. The average Bonchev–Trinajstić information content (AvgIpc) is 2.82. The van der Waals surface area contributed by atoms with E-state index in [9.17, 15) is 0 Å². The Kier molecular flexibility index (Phi) is 2.66. The van der Waals surface area contributed by atoms with E-state index in [-0.39, 0.29) is 0 Å². The summed E-state index contributed by atoms with van der Waals surface area (Å²) in [6, 6.07) is 0.960. The Bertz CT molecular complexity index is 550. The lowest BCUT2D eigenvalue weighted by molar-refractivity contribution is 0.205. The predicted octanol–water partition coefficient (Wildman–Crippen LogP) is 0.882. The summed E-state index contributed by atoms with van der Waals surface area (Å²) in [5.41, 5.74) is 1.67. The Balaban J connectivity index is 2.01. The standard InChI is InChI=1S/C12H18N6/c1-8-5-18(9(2)4-17(8)3)12-10-11(14-6-13-10)15-7-16-12/h6-9H,4-5H2,1-3H3,(H,13,14,15,16). The Morgan fingerprint density at radius 1 is 1.17 bits per heavy atom. The van der Waals surface area contributed by atoms with Gasteiger partial charge in [-0.3, -0.25) is 4.90 Å². The van der Waals surface area contributed by atoms with E-state index in [1.54, 1.807) is 12.7 Å². The van der Waals surface area contributed by atoms with Gasteiger partial charge in [0.15, 0.2) is 11.5 Å². The molecule has 1 N–H and O–H groups in total. The lowest BCUT2D eigenvalue weighted by Crippen LogP contribution is -2.55. The number of hydrogen-bond acceptors (Lipinski definition) is 5. The van der Waals surface area contributed by atoms with Crippen LogP contribution in [-0.4, -0.2) is 57.1 Å². The number of aromatic amines is 1. The third-order valence-electron chi connectivity index (χ3n) is 3.77. The van der Waals surface area contributed by atoms with E-state index in [2.05, 4.69) is 50.6 Å². The first-order valence-electron chi connectivity index (χ1n) is 6.27. The molecule has 0 spiro atoms. The van der Waals surface area contributed by atoms with Gasteiger partial charge in [0.2, 0.25) is 0 Å². The molecule has 1 saturated heterocycles. The first-order chi connectivity index (χ1) is 8.66. The van der Waals surface area contributed by atoms with E-state index in [4.69, 9.17) is 0 Å². The van der Waals surface area contributed by atoms with Crippen LogP contribution in [0.25, 0.3) is 11.2 Å². The van der Waals surface area contributed by atoms with Gasteiger partial charge in [0.05, 0.1) is 6.33 Å². The zero-order valence-corrected chi connectivity index (χ0v) is 11.0. The molecule has 0 aromatic carbocycles. The predicted molar refractivity (Wildman–Crippen MR) is 70.6 cm³/mol. The van der Waals surface area contributed by atoms with Gasteiger partial charge < -0.3 is 9.88 Å². The maximum atomic E-state index is 4.44. The molecule has 2 atom stereocenters. The minimum atomic E-state index is 0.438. The van der Waals surface area contributed by atoms with Crippen LogP contribution in [0.1, 0.15) is 13.8 Å². The van der Waals surface area contributed by atoms with Crippen LogP contribution < -0.4 is 4.90 Å². The second-order valence-electron chi connectivity index (χ2n) is 5.09. The SMILES string of the molecule is CC1CN(c2ncnc3nc[nH]c23)C(C)CN1C. The highest BCUT2D eigenvalue weighted by atomic mass is 15.3. The molecule has 0 saturated carbocycles. The number of nitrogens with zero attached hydrogens (tertiary/aromatic N) is 5. The molecule has 0 aliphatic carbocycles. The number of hydrogen-bond donors (Lipinski definition) is 1. The van der Waals surface area contributed by atoms with Crippen molar-refractivity contribution in [2.45, 2.75) is 25.9 Å². The second kappa shape index (κ2) is 4.20. The molecule has 2 aromatic rings. The maximum Gasteiger partial charge on any atom is 0.182 e. The van der Waals surface area contributed by atoms with Crippen molar-refractivity contribution >= 4 is 17.0 Å². The monoisotopic (exact) mass is 246 g/mol. The lowest BCUT2D eigenvalue weighted by Gasteiger charge is -2.43. The molecular weight excluding hydrogens is 228 g/mol. The fraction of sp³-hybridized carbons (Fsp3) is 0.583. The number of H-pyrrole nitrogens is 1. The van der Waals surface area contributed by atoms with E-state index < -0.39 is 0 Å². The van der Waals surface area contributed by atoms with Gasteiger partial charge in [0.25, 0.3) is 0 Å². The van der Waals surface area contributed by atoms with Gasteiger partial charge >= 0.3 is 0 Å². The van der Waals surface area contributed by atoms with Gasteiger partial charge in [-0.05, 0) is 20.9 Å². The van der Waals surface area contributed by atoms with E-state index in [0.717, 1.165) is 30.1 Å². The molecule has 2 aromatic heterocycles. The zero-order valence-electron chi connectivity index (χ0n) is 11.0. The number of aromatic nitrogens is 4. The number of likely N-dealkylation sites (N-methyl/N-ethyl adjacent to an activating group) is 1. The summed E-state index contributed by atoms with van der Waals surface area (Å²) in [5, 5.41) is 0. The molecular formula is C12H18N6. The van der Waals surface area contributed by atoms with Gasteiger partial charge in [-0.15, -0.1) is 0 Å². The van der Waals surface area contributed by atoms with Crippen molar-refractivity contribution in [3.8, 4) is 0 Å². The molecule has 1 aliphatic rings. The summed E-state index contributed by atoms with van der Waals surface area (Å²) < 4.78 is 0. The van der Waals surface area contributed by atoms with E-state index in [1.165, 1.54) is 0 Å². The number of piperazine rings is 1. The van der Waals surface area contributed by atoms with Crippen LogP contribution >= 0.6 is 0 Å². The molecule has 96 valence electrons. The number of imidazole rings is 1. The molecule has 2 unspecified atom stereocenters. The highest BCUT2D eigenvalue weighted by molar-refractivity contribution is 5.82. The molecule has 1 aliphatic heterocycles. The third-order valence-corrected chi connectivity index (χ3v) is 3.77. The highest BCUT2D eigenvalue weighted by Gasteiger charge is 2.28. The number of anilines is 1. The number of rotatable bonds is 1. The fourth-order valence-electron chi connectivity index (χ4n) is 2.56. The number of fused-ring (bicyclic) bond motifs is 1. The van der Waals surface area contributed by atoms with Gasteiger partial charge in [-0.1, -0.05) is 0 Å². The normalized spacial score (nSPS) is 25.8. The molecule has 0 bridgehead atoms. The van der Waals surface area contributed by atoms with Crippen molar-refractivity contribution < 1.29 is 0 Å². The quantitative estimate of drug-likeness (QED) is 0.809. The van der Waals surface area contributed by atoms with Gasteiger partial charge in [0.1, 0.15) is 11.8 Å². The number of nitrogens with one attached hydrogen (secondary N) is 1. The lowest BCUT2D eigenvalue weighted by atomic mass is 10.1. The van der Waals surface area contributed by atoms with Crippen molar-refractivity contribution in [3.63, 3.8) is 0 Å². The minimum Gasteiger partial charge on any atom is -0.349 e. The summed E-state index contributed by atoms with van der Waals surface area (Å²) in [6.07, 6.45) is 3.27. The summed E-state index contributed by atoms with van der Waals surface area (Å²) >= 11 is 0. The molecule has 1 fully saturated rings. The molecule has 0 radical (unpaired) electrons. The van der Waals surface area contributed by atoms with Crippen LogP contribution in [0.15, 0.2) is 12.7 Å². The summed E-state index contributed by atoms with van der Waals surface area (Å²) in [4.78, 5) is 20.7. The Labute approximate surface area is 106 Å². The molecule has 3 heterocycles. The van der Waals surface area contributed by atoms with Crippen molar-refractivity contribution in [1.29, 1.82) is 0 Å². The first-order valence-corrected chi connectivity index (χ1v) is 6.27. The van der Waals surface area contributed by atoms with Gasteiger partial charge in [-0.2, -0.15) is 0 Å². The summed E-state index contributed by atoms with van der Waals surface area (Å²) in [7, 11) is 2.17. The third kappa shape index (κ3) is 1.73. The van der Waals surface area contributed by atoms with Crippen molar-refractivity contribution in [2.75, 3.05) is 25.0 Å². The molecule has 0 amide bonds. The van der Waals surface area contributed by atoms with Crippen LogP contribution in [0.2, 0.25) is 0 Å². The van der Waals surface area contributed by atoms with Crippen molar-refractivity contribution in [1.82, 2.24) is 24.8 Å². The minimum absolute atomic E-state index is 0.438. The van der Waals surface area contributed by atoms with Crippen LogP contribution in [0.3, 0.4) is 0 Å². The summed E-state index contributed by atoms with van der Waals surface area (Å²) in [5.74, 6) is 0.963. The van der Waals surface area contributed by atoms with Gasteiger partial charge in [0, 0.05) is 25.2 Å². The maximum absolute atomic E-state index is 4.44. The van der Waals surface area contributed by atoms with Crippen LogP contribution in [-0.2, 0) is 0 Å². The molecule has 6 heteroatoms. The van der Waals surface area contributed by atoms with Gasteiger partial charge in [-0.25, -0.2) is 15.0 Å². The zero-order chi connectivity index (χ0) is 12.7. The fourth-order valence-corrected chi connectivity index (χ4v) is 2.56. The Hall–Kier alpha value is -1.69. The largest absolute Gasteiger partial charge is 0.349 e. The molecule has 18 heavy (non-hydrogen) atoms. The van der Waals surface area contributed by atoms with E-state index in [0.29, 0.717) is 12.1 Å². The van der Waals surface area contributed by atoms with Crippen molar-refractivity contribution in [2.24, 2.45) is 0 Å². The van der Waals surface area contributed by atoms with E-state index >= 15 is 0 Å². The van der Waals surface area contributed by atoms with Crippen molar-refractivity contribution in [3.05, 3.63) is 12.7 Å². The second-order valence-corrected chi connectivity index (χ2v) is 5.09. The molecule has 6 nitrogen and oxygen atoms in total. The Morgan fingerprint density at radius 3 is 2.83 bits per heavy atom. The Morgan fingerprint density at radius 2 is 2.00 bits per heavy atom. The first kappa shape index (κ1) is 11.4.